The average Bonchev–Trinajstić information content (AvgIpc) is 3.09. The summed E-state index contributed by atoms with van der Waals surface area (Å²) in [5.41, 5.74) is 8.29. The predicted octanol–water partition coefficient (Wildman–Crippen LogP) is 2.61. The maximum Gasteiger partial charge on any atom is 0.239 e. The third-order valence-corrected chi connectivity index (χ3v) is 5.54. The molecule has 0 bridgehead atoms. The van der Waals surface area contributed by atoms with E-state index in [1.165, 1.54) is 18.7 Å². The Hall–Kier alpha value is -2.44. The van der Waals surface area contributed by atoms with Crippen LogP contribution in [0.25, 0.3) is 0 Å². The van der Waals surface area contributed by atoms with Crippen molar-refractivity contribution in [2.45, 2.75) is 31.5 Å². The molecule has 0 aromatic heterocycles. The molecule has 2 N–H and O–H groups in total. The van der Waals surface area contributed by atoms with E-state index in [1.807, 2.05) is 25.1 Å². The van der Waals surface area contributed by atoms with Crippen molar-refractivity contribution in [2.24, 2.45) is 5.73 Å². The number of hydrogen-bond acceptors (Lipinski definition) is 4. The Labute approximate surface area is 165 Å². The van der Waals surface area contributed by atoms with Crippen molar-refractivity contribution < 1.29 is 13.9 Å². The van der Waals surface area contributed by atoms with Crippen LogP contribution in [0.2, 0.25) is 0 Å². The minimum absolute atomic E-state index is 0.00126. The Bertz CT molecular complexity index is 815. The van der Waals surface area contributed by atoms with Gasteiger partial charge < -0.3 is 15.4 Å². The summed E-state index contributed by atoms with van der Waals surface area (Å²) < 4.78 is 18.8. The molecule has 150 valence electrons. The van der Waals surface area contributed by atoms with Gasteiger partial charge in [-0.1, -0.05) is 36.4 Å². The van der Waals surface area contributed by atoms with E-state index in [0.717, 1.165) is 12.1 Å². The molecule has 6 heteroatoms. The normalized spacial score (nSPS) is 20.8. The van der Waals surface area contributed by atoms with Gasteiger partial charge in [-0.3, -0.25) is 9.69 Å². The molecule has 2 aromatic rings. The molecule has 5 nitrogen and oxygen atoms in total. The number of carbonyl (C=O) groups is 1. The van der Waals surface area contributed by atoms with Gasteiger partial charge in [0.1, 0.15) is 0 Å². The number of likely N-dealkylation sites (N-methyl/N-ethyl adjacent to an activating group) is 1. The fourth-order valence-electron chi connectivity index (χ4n) is 3.86. The lowest BCUT2D eigenvalue weighted by Crippen LogP contribution is -2.45. The lowest BCUT2D eigenvalue weighted by molar-refractivity contribution is -0.135. The van der Waals surface area contributed by atoms with Crippen LogP contribution in [0.4, 0.5) is 4.39 Å². The highest BCUT2D eigenvalue weighted by molar-refractivity contribution is 5.81. The summed E-state index contributed by atoms with van der Waals surface area (Å²) in [5, 5.41) is 0. The molecule has 1 fully saturated rings. The highest BCUT2D eigenvalue weighted by atomic mass is 19.1. The molecule has 3 rings (SSSR count). The van der Waals surface area contributed by atoms with Gasteiger partial charge in [0.2, 0.25) is 5.91 Å². The van der Waals surface area contributed by atoms with Gasteiger partial charge in [0.25, 0.3) is 0 Å². The molecule has 0 aliphatic carbocycles. The molecule has 2 aromatic carbocycles. The summed E-state index contributed by atoms with van der Waals surface area (Å²) in [6, 6.07) is 14.7. The maximum absolute atomic E-state index is 13.9. The maximum atomic E-state index is 13.9. The van der Waals surface area contributed by atoms with E-state index >= 15 is 0 Å². The van der Waals surface area contributed by atoms with Gasteiger partial charge in [-0.15, -0.1) is 0 Å². The van der Waals surface area contributed by atoms with Crippen molar-refractivity contribution in [1.29, 1.82) is 0 Å². The van der Waals surface area contributed by atoms with Crippen molar-refractivity contribution in [2.75, 3.05) is 27.2 Å². The third-order valence-electron chi connectivity index (χ3n) is 5.54. The monoisotopic (exact) mass is 385 g/mol. The third kappa shape index (κ3) is 4.34. The molecule has 28 heavy (non-hydrogen) atoms. The highest BCUT2D eigenvalue weighted by Gasteiger charge is 2.36. The summed E-state index contributed by atoms with van der Waals surface area (Å²) in [4.78, 5) is 16.7. The molecule has 1 aliphatic rings. The molecular formula is C22H28FN3O2. The number of ether oxygens (including phenoxy) is 1. The van der Waals surface area contributed by atoms with Gasteiger partial charge >= 0.3 is 0 Å². The Kier molecular flexibility index (Phi) is 6.31. The lowest BCUT2D eigenvalue weighted by Gasteiger charge is -2.28. The van der Waals surface area contributed by atoms with E-state index in [0.29, 0.717) is 13.1 Å². The fourth-order valence-corrected chi connectivity index (χ4v) is 3.86. The summed E-state index contributed by atoms with van der Waals surface area (Å²) in [6.07, 6.45) is 0. The number of nitrogens with two attached hydrogens (primary N) is 1. The Balaban J connectivity index is 1.63. The Morgan fingerprint density at radius 3 is 2.64 bits per heavy atom. The van der Waals surface area contributed by atoms with Crippen molar-refractivity contribution in [1.82, 2.24) is 9.80 Å². The molecule has 0 spiro atoms. The van der Waals surface area contributed by atoms with Gasteiger partial charge in [-0.25, -0.2) is 4.39 Å². The van der Waals surface area contributed by atoms with Crippen molar-refractivity contribution in [3.8, 4) is 5.75 Å². The van der Waals surface area contributed by atoms with E-state index < -0.39 is 5.82 Å². The molecule has 0 saturated carbocycles. The quantitative estimate of drug-likeness (QED) is 0.831. The number of rotatable bonds is 6. The van der Waals surface area contributed by atoms with E-state index in [2.05, 4.69) is 17.0 Å². The summed E-state index contributed by atoms with van der Waals surface area (Å²) in [5.74, 6) is -0.0104. The number of carbonyl (C=O) groups excluding carboxylic acids is 1. The molecule has 1 heterocycles. The number of nitrogens with zero attached hydrogens (tertiary/aromatic N) is 2. The zero-order valence-electron chi connectivity index (χ0n) is 16.6. The first-order valence-corrected chi connectivity index (χ1v) is 9.52. The molecule has 1 amide bonds. The van der Waals surface area contributed by atoms with Gasteiger partial charge in [0.05, 0.1) is 13.2 Å². The van der Waals surface area contributed by atoms with Crippen LogP contribution in [0.5, 0.6) is 5.75 Å². The number of hydrogen-bond donors (Lipinski definition) is 1. The molecular weight excluding hydrogens is 357 g/mol. The van der Waals surface area contributed by atoms with Crippen LogP contribution in [0.1, 0.15) is 24.0 Å². The number of halogens is 1. The van der Waals surface area contributed by atoms with Crippen LogP contribution in [0.15, 0.2) is 48.5 Å². The van der Waals surface area contributed by atoms with E-state index in [1.54, 1.807) is 24.1 Å². The van der Waals surface area contributed by atoms with Gasteiger partial charge in [0.15, 0.2) is 11.6 Å². The number of methoxy groups -OCH3 is 1. The molecule has 0 radical (unpaired) electrons. The van der Waals surface area contributed by atoms with E-state index in [-0.39, 0.29) is 29.7 Å². The minimum Gasteiger partial charge on any atom is -0.494 e. The van der Waals surface area contributed by atoms with Crippen LogP contribution in [0, 0.1) is 5.82 Å². The fraction of sp³-hybridized carbons (Fsp3) is 0.409. The van der Waals surface area contributed by atoms with Crippen molar-refractivity contribution in [3.63, 3.8) is 0 Å². The minimum atomic E-state index is -0.426. The second-order valence-electron chi connectivity index (χ2n) is 7.47. The SMILES string of the molecule is COc1ccc(CN(C)C(=O)C(C)N2C[C@@H](N)[C@H](c3ccccc3)C2)cc1F. The summed E-state index contributed by atoms with van der Waals surface area (Å²) in [6.45, 7) is 3.68. The van der Waals surface area contributed by atoms with E-state index in [9.17, 15) is 9.18 Å². The summed E-state index contributed by atoms with van der Waals surface area (Å²) >= 11 is 0. The molecule has 1 saturated heterocycles. The lowest BCUT2D eigenvalue weighted by atomic mass is 9.95. The topological polar surface area (TPSA) is 58.8 Å². The first kappa shape index (κ1) is 20.3. The van der Waals surface area contributed by atoms with Gasteiger partial charge in [-0.2, -0.15) is 0 Å². The zero-order valence-corrected chi connectivity index (χ0v) is 16.6. The molecule has 1 aliphatic heterocycles. The van der Waals surface area contributed by atoms with E-state index in [4.69, 9.17) is 10.5 Å². The first-order chi connectivity index (χ1) is 13.4. The van der Waals surface area contributed by atoms with Crippen LogP contribution >= 0.6 is 0 Å². The van der Waals surface area contributed by atoms with Crippen LogP contribution in [-0.4, -0.2) is 55.0 Å². The van der Waals surface area contributed by atoms with Crippen LogP contribution < -0.4 is 10.5 Å². The van der Waals surface area contributed by atoms with Crippen LogP contribution in [-0.2, 0) is 11.3 Å². The highest BCUT2D eigenvalue weighted by Crippen LogP contribution is 2.28. The number of amides is 1. The smallest absolute Gasteiger partial charge is 0.239 e. The standard InChI is InChI=1S/C22H28FN3O2/c1-15(26-13-18(20(24)14-26)17-7-5-4-6-8-17)22(27)25(2)12-16-9-10-21(28-3)19(23)11-16/h4-11,15,18,20H,12-14,24H2,1-3H3/t15?,18-,20+/m0/s1. The van der Waals surface area contributed by atoms with Gasteiger partial charge in [-0.05, 0) is 30.2 Å². The average molecular weight is 385 g/mol. The summed E-state index contributed by atoms with van der Waals surface area (Å²) in [7, 11) is 3.17. The second kappa shape index (κ2) is 8.71. The van der Waals surface area contributed by atoms with Crippen molar-refractivity contribution >= 4 is 5.91 Å². The van der Waals surface area contributed by atoms with Gasteiger partial charge in [0, 0.05) is 38.6 Å². The van der Waals surface area contributed by atoms with Crippen LogP contribution in [0.3, 0.4) is 0 Å². The first-order valence-electron chi connectivity index (χ1n) is 9.52. The predicted molar refractivity (Wildman–Crippen MR) is 108 cm³/mol. The number of benzene rings is 2. The second-order valence-corrected chi connectivity index (χ2v) is 7.47. The Morgan fingerprint density at radius 1 is 1.29 bits per heavy atom. The largest absolute Gasteiger partial charge is 0.494 e. The Morgan fingerprint density at radius 2 is 2.00 bits per heavy atom. The number of likely N-dealkylation sites (tertiary alicyclic amines) is 1. The molecule has 1 unspecified atom stereocenters. The zero-order chi connectivity index (χ0) is 20.3. The molecule has 3 atom stereocenters. The van der Waals surface area contributed by atoms with Crippen molar-refractivity contribution in [3.05, 3.63) is 65.5 Å².